The predicted molar refractivity (Wildman–Crippen MR) is 112 cm³/mol. The number of methoxy groups -OCH3 is 1. The number of fused-ring (bicyclic) bond motifs is 1. The van der Waals surface area contributed by atoms with Crippen molar-refractivity contribution in [1.82, 2.24) is 19.7 Å². The second kappa shape index (κ2) is 9.19. The van der Waals surface area contributed by atoms with Crippen LogP contribution in [0.2, 0.25) is 0 Å². The lowest BCUT2D eigenvalue weighted by atomic mass is 10.2. The van der Waals surface area contributed by atoms with Gasteiger partial charge in [0.05, 0.1) is 16.7 Å². The summed E-state index contributed by atoms with van der Waals surface area (Å²) in [5.41, 5.74) is 1.22. The third-order valence-corrected chi connectivity index (χ3v) is 5.41. The van der Waals surface area contributed by atoms with Gasteiger partial charge in [0.1, 0.15) is 5.82 Å². The summed E-state index contributed by atoms with van der Waals surface area (Å²) >= 11 is 1.35. The van der Waals surface area contributed by atoms with E-state index in [0.717, 1.165) is 0 Å². The van der Waals surface area contributed by atoms with Gasteiger partial charge < -0.3 is 9.26 Å². The monoisotopic (exact) mass is 426 g/mol. The van der Waals surface area contributed by atoms with Crippen molar-refractivity contribution in [3.05, 3.63) is 70.6 Å². The number of hydrogen-bond donors (Lipinski definition) is 0. The van der Waals surface area contributed by atoms with E-state index < -0.39 is 0 Å². The van der Waals surface area contributed by atoms with Gasteiger partial charge in [0, 0.05) is 25.8 Å². The van der Waals surface area contributed by atoms with Crippen LogP contribution >= 0.6 is 11.8 Å². The van der Waals surface area contributed by atoms with Crippen molar-refractivity contribution in [1.29, 1.82) is 0 Å². The highest BCUT2D eigenvalue weighted by atomic mass is 32.2. The van der Waals surface area contributed by atoms with Gasteiger partial charge in [0.15, 0.2) is 5.16 Å². The molecule has 0 amide bonds. The number of nitrogens with zero attached hydrogens (tertiary/aromatic N) is 4. The average Bonchev–Trinajstić information content (AvgIpc) is 3.24. The highest BCUT2D eigenvalue weighted by Crippen LogP contribution is 2.23. The third kappa shape index (κ3) is 4.42. The quantitative estimate of drug-likeness (QED) is 0.240. The van der Waals surface area contributed by atoms with Gasteiger partial charge in [-0.1, -0.05) is 29.1 Å². The molecule has 4 rings (SSSR count). The number of hydrogen-bond acceptors (Lipinski definition) is 7. The van der Waals surface area contributed by atoms with Gasteiger partial charge in [-0.15, -0.1) is 0 Å². The smallest absolute Gasteiger partial charge is 0.262 e. The molecule has 0 aliphatic rings. The lowest BCUT2D eigenvalue weighted by molar-refractivity contribution is 0.189. The number of halogens is 1. The normalized spacial score (nSPS) is 11.3. The van der Waals surface area contributed by atoms with Crippen molar-refractivity contribution in [3.8, 4) is 11.4 Å². The fraction of sp³-hybridized carbons (Fsp3) is 0.238. The maximum absolute atomic E-state index is 13.1. The minimum atomic E-state index is -0.327. The van der Waals surface area contributed by atoms with E-state index in [1.165, 1.54) is 23.9 Å². The van der Waals surface area contributed by atoms with Crippen LogP contribution in [-0.4, -0.2) is 33.4 Å². The first-order valence-corrected chi connectivity index (χ1v) is 10.3. The molecule has 0 saturated heterocycles. The number of aromatic nitrogens is 4. The van der Waals surface area contributed by atoms with E-state index in [2.05, 4.69) is 15.1 Å². The molecule has 2 heterocycles. The number of para-hydroxylation sites is 1. The summed E-state index contributed by atoms with van der Waals surface area (Å²) in [7, 11) is 1.63. The Balaban J connectivity index is 1.58. The SMILES string of the molecule is COCCCn1c(SCc2nc(-c3ccc(F)cc3)no2)nc2ccccc2c1=O. The molecule has 2 aromatic carbocycles. The van der Waals surface area contributed by atoms with Gasteiger partial charge in [0.25, 0.3) is 5.56 Å². The third-order valence-electron chi connectivity index (χ3n) is 4.45. The number of rotatable bonds is 8. The predicted octanol–water partition coefficient (Wildman–Crippen LogP) is 3.91. The van der Waals surface area contributed by atoms with Gasteiger partial charge in [-0.3, -0.25) is 9.36 Å². The average molecular weight is 426 g/mol. The molecule has 4 aromatic rings. The summed E-state index contributed by atoms with van der Waals surface area (Å²) in [6.45, 7) is 1.05. The van der Waals surface area contributed by atoms with Gasteiger partial charge in [0.2, 0.25) is 11.7 Å². The molecule has 30 heavy (non-hydrogen) atoms. The zero-order valence-corrected chi connectivity index (χ0v) is 17.1. The highest BCUT2D eigenvalue weighted by molar-refractivity contribution is 7.98. The van der Waals surface area contributed by atoms with E-state index in [9.17, 15) is 9.18 Å². The molecule has 0 radical (unpaired) electrons. The van der Waals surface area contributed by atoms with E-state index in [0.29, 0.717) is 58.7 Å². The molecule has 9 heteroatoms. The van der Waals surface area contributed by atoms with E-state index >= 15 is 0 Å². The Labute approximate surface area is 175 Å². The Morgan fingerprint density at radius 2 is 1.93 bits per heavy atom. The molecule has 0 N–H and O–H groups in total. The Morgan fingerprint density at radius 3 is 2.73 bits per heavy atom. The van der Waals surface area contributed by atoms with Gasteiger partial charge in [-0.05, 0) is 42.8 Å². The first kappa shape index (κ1) is 20.2. The van der Waals surface area contributed by atoms with Crippen molar-refractivity contribution in [2.45, 2.75) is 23.9 Å². The van der Waals surface area contributed by atoms with Gasteiger partial charge >= 0.3 is 0 Å². The molecule has 0 saturated carbocycles. The second-order valence-corrected chi connectivity index (χ2v) is 7.46. The van der Waals surface area contributed by atoms with E-state index in [1.54, 1.807) is 29.9 Å². The number of benzene rings is 2. The highest BCUT2D eigenvalue weighted by Gasteiger charge is 2.14. The zero-order valence-electron chi connectivity index (χ0n) is 16.2. The summed E-state index contributed by atoms with van der Waals surface area (Å²) < 4.78 is 25.2. The summed E-state index contributed by atoms with van der Waals surface area (Å²) in [5, 5.41) is 5.11. The molecule has 0 atom stereocenters. The van der Waals surface area contributed by atoms with E-state index in [4.69, 9.17) is 9.26 Å². The first-order valence-electron chi connectivity index (χ1n) is 9.35. The molecule has 0 spiro atoms. The molecule has 7 nitrogen and oxygen atoms in total. The molecular formula is C21H19FN4O3S. The van der Waals surface area contributed by atoms with Crippen molar-refractivity contribution < 1.29 is 13.7 Å². The number of thioether (sulfide) groups is 1. The minimum Gasteiger partial charge on any atom is -0.385 e. The van der Waals surface area contributed by atoms with Crippen LogP contribution in [0.4, 0.5) is 4.39 Å². The van der Waals surface area contributed by atoms with Crippen molar-refractivity contribution in [2.75, 3.05) is 13.7 Å². The first-order chi connectivity index (χ1) is 14.7. The van der Waals surface area contributed by atoms with Crippen LogP contribution in [0.25, 0.3) is 22.3 Å². The maximum atomic E-state index is 13.1. The van der Waals surface area contributed by atoms with E-state index in [-0.39, 0.29) is 11.4 Å². The summed E-state index contributed by atoms with van der Waals surface area (Å²) in [5.74, 6) is 0.801. The molecular weight excluding hydrogens is 407 g/mol. The molecule has 0 unspecified atom stereocenters. The van der Waals surface area contributed by atoms with Crippen LogP contribution in [0.1, 0.15) is 12.3 Å². The molecule has 154 valence electrons. The summed E-state index contributed by atoms with van der Waals surface area (Å²) in [4.78, 5) is 22.0. The number of ether oxygens (including phenoxy) is 1. The lowest BCUT2D eigenvalue weighted by Gasteiger charge is -2.12. The van der Waals surface area contributed by atoms with Crippen LogP contribution in [0.5, 0.6) is 0 Å². The van der Waals surface area contributed by atoms with E-state index in [1.807, 2.05) is 18.2 Å². The molecule has 2 aromatic heterocycles. The fourth-order valence-corrected chi connectivity index (χ4v) is 3.84. The van der Waals surface area contributed by atoms with Crippen LogP contribution in [0.15, 0.2) is 63.0 Å². The van der Waals surface area contributed by atoms with Gasteiger partial charge in [-0.2, -0.15) is 4.98 Å². The van der Waals surface area contributed by atoms with Crippen LogP contribution in [0.3, 0.4) is 0 Å². The largest absolute Gasteiger partial charge is 0.385 e. The Bertz CT molecular complexity index is 1210. The van der Waals surface area contributed by atoms with Crippen LogP contribution in [-0.2, 0) is 17.0 Å². The molecule has 0 aliphatic carbocycles. The fourth-order valence-electron chi connectivity index (χ4n) is 2.98. The van der Waals surface area contributed by atoms with Crippen molar-refractivity contribution in [2.24, 2.45) is 0 Å². The molecule has 0 aliphatic heterocycles. The summed E-state index contributed by atoms with van der Waals surface area (Å²) in [6, 6.07) is 13.2. The van der Waals surface area contributed by atoms with Crippen LogP contribution in [0, 0.1) is 5.82 Å². The molecule has 0 fully saturated rings. The Morgan fingerprint density at radius 1 is 1.13 bits per heavy atom. The minimum absolute atomic E-state index is 0.0864. The van der Waals surface area contributed by atoms with Crippen molar-refractivity contribution >= 4 is 22.7 Å². The standard InChI is InChI=1S/C21H19FN4O3S/c1-28-12-4-11-26-20(27)16-5-2-3-6-17(16)23-21(26)30-13-18-24-19(25-29-18)14-7-9-15(22)10-8-14/h2-3,5-10H,4,11-13H2,1H3. The Kier molecular flexibility index (Phi) is 6.20. The molecule has 0 bridgehead atoms. The van der Waals surface area contributed by atoms with Gasteiger partial charge in [-0.25, -0.2) is 9.37 Å². The van der Waals surface area contributed by atoms with Crippen LogP contribution < -0.4 is 5.56 Å². The lowest BCUT2D eigenvalue weighted by Crippen LogP contribution is -2.24. The Hall–Kier alpha value is -3.04. The zero-order chi connectivity index (χ0) is 20.9. The summed E-state index contributed by atoms with van der Waals surface area (Å²) in [6.07, 6.45) is 0.694. The second-order valence-electron chi connectivity index (χ2n) is 6.52. The topological polar surface area (TPSA) is 83.0 Å². The van der Waals surface area contributed by atoms with Crippen molar-refractivity contribution in [3.63, 3.8) is 0 Å². The maximum Gasteiger partial charge on any atom is 0.262 e.